The summed E-state index contributed by atoms with van der Waals surface area (Å²) in [6, 6.07) is 16.8. The van der Waals surface area contributed by atoms with Gasteiger partial charge in [0.2, 0.25) is 0 Å². The van der Waals surface area contributed by atoms with Crippen molar-refractivity contribution in [2.75, 3.05) is 11.9 Å². The van der Waals surface area contributed by atoms with Gasteiger partial charge in [-0.1, -0.05) is 35.5 Å². The monoisotopic (exact) mass is 421 g/mol. The number of nitrogens with zero attached hydrogens (tertiary/aromatic N) is 4. The van der Waals surface area contributed by atoms with Crippen LogP contribution in [0.1, 0.15) is 29.5 Å². The summed E-state index contributed by atoms with van der Waals surface area (Å²) >= 11 is 0. The topological polar surface area (TPSA) is 70.3 Å². The highest BCUT2D eigenvalue weighted by molar-refractivity contribution is 6.27. The summed E-state index contributed by atoms with van der Waals surface area (Å²) in [6.07, 6.45) is 1.88. The van der Waals surface area contributed by atoms with Crippen molar-refractivity contribution in [3.63, 3.8) is 0 Å². The van der Waals surface area contributed by atoms with Crippen molar-refractivity contribution in [2.45, 2.75) is 26.9 Å². The molecule has 0 fully saturated rings. The molecule has 1 aliphatic rings. The van der Waals surface area contributed by atoms with Gasteiger partial charge in [0.1, 0.15) is 17.7 Å². The van der Waals surface area contributed by atoms with Crippen molar-refractivity contribution in [2.24, 2.45) is 4.99 Å². The lowest BCUT2D eigenvalue weighted by Gasteiger charge is -2.30. The van der Waals surface area contributed by atoms with Gasteiger partial charge in [0.15, 0.2) is 0 Å². The highest BCUT2D eigenvalue weighted by Gasteiger charge is 2.29. The predicted molar refractivity (Wildman–Crippen MR) is 129 cm³/mol. The molecular weight excluding hydrogens is 398 g/mol. The molecule has 0 aliphatic carbocycles. The second kappa shape index (κ2) is 6.79. The first-order valence-electron chi connectivity index (χ1n) is 10.8. The van der Waals surface area contributed by atoms with E-state index in [9.17, 15) is 0 Å². The van der Waals surface area contributed by atoms with Crippen LogP contribution in [0.25, 0.3) is 32.9 Å². The maximum absolute atomic E-state index is 5.40. The number of hydrogen-bond donors (Lipinski definition) is 1. The fourth-order valence-electron chi connectivity index (χ4n) is 4.77. The minimum absolute atomic E-state index is 0.0134. The van der Waals surface area contributed by atoms with Crippen LogP contribution in [0.3, 0.4) is 0 Å². The number of fused-ring (bicyclic) bond motifs is 4. The van der Waals surface area contributed by atoms with Gasteiger partial charge >= 0.3 is 0 Å². The van der Waals surface area contributed by atoms with Crippen LogP contribution in [0.2, 0.25) is 0 Å². The summed E-state index contributed by atoms with van der Waals surface area (Å²) in [5.41, 5.74) is 8.32. The van der Waals surface area contributed by atoms with Crippen molar-refractivity contribution >= 4 is 33.3 Å². The number of hydrogen-bond acceptors (Lipinski definition) is 5. The number of H-pyrrole nitrogens is 1. The minimum Gasteiger partial charge on any atom is -0.361 e. The van der Waals surface area contributed by atoms with Crippen molar-refractivity contribution in [3.8, 4) is 11.1 Å². The van der Waals surface area contributed by atoms with Gasteiger partial charge in [-0.3, -0.25) is 9.98 Å². The van der Waals surface area contributed by atoms with E-state index in [1.165, 1.54) is 0 Å². The summed E-state index contributed by atoms with van der Waals surface area (Å²) in [5.74, 6) is 1.91. The Morgan fingerprint density at radius 1 is 1.00 bits per heavy atom. The Hall–Kier alpha value is -3.93. The zero-order valence-corrected chi connectivity index (χ0v) is 18.5. The molecule has 0 spiro atoms. The molecule has 0 saturated carbocycles. The molecular formula is C26H23N5O. The lowest BCUT2D eigenvalue weighted by atomic mass is 9.95. The second-order valence-corrected chi connectivity index (χ2v) is 8.40. The lowest BCUT2D eigenvalue weighted by molar-refractivity contribution is 0.393. The van der Waals surface area contributed by atoms with Crippen LogP contribution in [0.15, 0.2) is 64.2 Å². The molecule has 6 nitrogen and oxygen atoms in total. The van der Waals surface area contributed by atoms with Crippen LogP contribution in [0.4, 0.5) is 5.82 Å². The van der Waals surface area contributed by atoms with Crippen molar-refractivity contribution < 1.29 is 4.52 Å². The molecule has 32 heavy (non-hydrogen) atoms. The largest absolute Gasteiger partial charge is 0.361 e. The van der Waals surface area contributed by atoms with Gasteiger partial charge in [0.25, 0.3) is 0 Å². The zero-order valence-electron chi connectivity index (χ0n) is 18.5. The number of para-hydroxylation sites is 1. The van der Waals surface area contributed by atoms with Crippen LogP contribution < -0.4 is 4.90 Å². The van der Waals surface area contributed by atoms with Crippen LogP contribution in [0, 0.1) is 13.8 Å². The van der Waals surface area contributed by atoms with Crippen LogP contribution in [0.5, 0.6) is 0 Å². The van der Waals surface area contributed by atoms with Gasteiger partial charge in [-0.15, -0.1) is 0 Å². The van der Waals surface area contributed by atoms with Crippen LogP contribution in [-0.2, 0) is 0 Å². The number of aromatic nitrogens is 3. The molecule has 0 amide bonds. The van der Waals surface area contributed by atoms with Crippen molar-refractivity contribution in [1.29, 1.82) is 0 Å². The predicted octanol–water partition coefficient (Wildman–Crippen LogP) is 5.62. The number of benzene rings is 2. The molecule has 0 bridgehead atoms. The molecule has 2 aromatic carbocycles. The maximum atomic E-state index is 5.40. The smallest absolute Gasteiger partial charge is 0.141 e. The zero-order chi connectivity index (χ0) is 22.0. The van der Waals surface area contributed by atoms with E-state index >= 15 is 0 Å². The normalized spacial score (nSPS) is 15.9. The highest BCUT2D eigenvalue weighted by Crippen LogP contribution is 2.38. The molecule has 1 aliphatic heterocycles. The maximum Gasteiger partial charge on any atom is 0.141 e. The number of aliphatic imine (C=N–C) groups is 1. The Kier molecular flexibility index (Phi) is 3.99. The highest BCUT2D eigenvalue weighted by atomic mass is 16.5. The van der Waals surface area contributed by atoms with Crippen LogP contribution >= 0.6 is 0 Å². The molecule has 0 saturated heterocycles. The number of nitrogens with one attached hydrogen (secondary N) is 1. The third kappa shape index (κ3) is 2.62. The van der Waals surface area contributed by atoms with E-state index in [0.717, 1.165) is 67.0 Å². The molecule has 6 heteroatoms. The molecule has 3 aromatic heterocycles. The van der Waals surface area contributed by atoms with Gasteiger partial charge in [-0.05, 0) is 44.5 Å². The minimum atomic E-state index is 0.0134. The first-order chi connectivity index (χ1) is 15.5. The SMILES string of the molecule is Cc1noc(C)c1-c1ccc2c3c([nH]c2c1)N(C)C(C)N=C3c1ccnc2ccccc12. The number of pyridine rings is 1. The molecule has 1 unspecified atom stereocenters. The van der Waals surface area contributed by atoms with Crippen molar-refractivity contribution in [3.05, 3.63) is 77.3 Å². The van der Waals surface area contributed by atoms with Crippen molar-refractivity contribution in [1.82, 2.24) is 15.1 Å². The van der Waals surface area contributed by atoms with Gasteiger partial charge in [0.05, 0.1) is 22.5 Å². The van der Waals surface area contributed by atoms with E-state index in [4.69, 9.17) is 9.52 Å². The average Bonchev–Trinajstić information content (AvgIpc) is 3.35. The van der Waals surface area contributed by atoms with E-state index in [-0.39, 0.29) is 6.17 Å². The van der Waals surface area contributed by atoms with Crippen LogP contribution in [-0.4, -0.2) is 34.0 Å². The van der Waals surface area contributed by atoms with E-state index in [1.54, 1.807) is 0 Å². The third-order valence-corrected chi connectivity index (χ3v) is 6.47. The quantitative estimate of drug-likeness (QED) is 0.402. The van der Waals surface area contributed by atoms with E-state index in [1.807, 2.05) is 32.2 Å². The lowest BCUT2D eigenvalue weighted by Crippen LogP contribution is -2.33. The Morgan fingerprint density at radius 2 is 1.84 bits per heavy atom. The summed E-state index contributed by atoms with van der Waals surface area (Å²) in [7, 11) is 2.08. The number of aromatic amines is 1. The fraction of sp³-hybridized carbons (Fsp3) is 0.192. The molecule has 0 radical (unpaired) electrons. The molecule has 1 atom stereocenters. The summed E-state index contributed by atoms with van der Waals surface area (Å²) < 4.78 is 5.40. The first-order valence-corrected chi connectivity index (χ1v) is 10.8. The summed E-state index contributed by atoms with van der Waals surface area (Å²) in [6.45, 7) is 6.05. The Bertz CT molecular complexity index is 1520. The first kappa shape index (κ1) is 18.8. The standard InChI is InChI=1S/C26H23N5O/c1-14-23(15(2)32-30-14)17-9-10-20-22(13-17)29-26-24(20)25(28-16(3)31(26)4)19-11-12-27-21-8-6-5-7-18(19)21/h5-13,16,29H,1-4H3. The third-order valence-electron chi connectivity index (χ3n) is 6.47. The number of anilines is 1. The van der Waals surface area contributed by atoms with E-state index < -0.39 is 0 Å². The van der Waals surface area contributed by atoms with Gasteiger partial charge < -0.3 is 14.4 Å². The van der Waals surface area contributed by atoms with Gasteiger partial charge in [-0.2, -0.15) is 0 Å². The molecule has 158 valence electrons. The number of aryl methyl sites for hydroxylation is 2. The fourth-order valence-corrected chi connectivity index (χ4v) is 4.77. The molecule has 4 heterocycles. The Labute approximate surface area is 185 Å². The molecule has 6 rings (SSSR count). The Balaban J connectivity index is 1.61. The Morgan fingerprint density at radius 3 is 2.66 bits per heavy atom. The van der Waals surface area contributed by atoms with E-state index in [2.05, 4.69) is 70.4 Å². The summed E-state index contributed by atoms with van der Waals surface area (Å²) in [5, 5.41) is 6.38. The molecule has 5 aromatic rings. The summed E-state index contributed by atoms with van der Waals surface area (Å²) in [4.78, 5) is 15.5. The van der Waals surface area contributed by atoms with E-state index in [0.29, 0.717) is 0 Å². The second-order valence-electron chi connectivity index (χ2n) is 8.40. The average molecular weight is 422 g/mol. The number of rotatable bonds is 2. The molecule has 1 N–H and O–H groups in total. The van der Waals surface area contributed by atoms with Gasteiger partial charge in [0, 0.05) is 40.7 Å². The van der Waals surface area contributed by atoms with Gasteiger partial charge in [-0.25, -0.2) is 0 Å².